The first-order valence-electron chi connectivity index (χ1n) is 7.55. The lowest BCUT2D eigenvalue weighted by Gasteiger charge is -2.40. The zero-order chi connectivity index (χ0) is 13.5. The highest BCUT2D eigenvalue weighted by Crippen LogP contribution is 2.20. The molecule has 3 heteroatoms. The third-order valence-corrected chi connectivity index (χ3v) is 4.08. The Morgan fingerprint density at radius 3 is 2.72 bits per heavy atom. The van der Waals surface area contributed by atoms with Crippen molar-refractivity contribution in [1.29, 1.82) is 0 Å². The number of hydrogen-bond acceptors (Lipinski definition) is 3. The maximum atomic E-state index is 6.01. The lowest BCUT2D eigenvalue weighted by molar-refractivity contribution is -0.0744. The molecule has 0 spiro atoms. The van der Waals surface area contributed by atoms with Crippen molar-refractivity contribution in [2.45, 2.75) is 52.2 Å². The summed E-state index contributed by atoms with van der Waals surface area (Å²) in [6.07, 6.45) is 4.32. The first-order valence-corrected chi connectivity index (χ1v) is 7.55. The van der Waals surface area contributed by atoms with Gasteiger partial charge < -0.3 is 9.64 Å². The quantitative estimate of drug-likeness (QED) is 0.696. The van der Waals surface area contributed by atoms with Crippen molar-refractivity contribution in [3.8, 4) is 0 Å². The van der Waals surface area contributed by atoms with Gasteiger partial charge in [-0.05, 0) is 33.0 Å². The molecule has 18 heavy (non-hydrogen) atoms. The Morgan fingerprint density at radius 1 is 1.39 bits per heavy atom. The minimum Gasteiger partial charge on any atom is -0.374 e. The van der Waals surface area contributed by atoms with Gasteiger partial charge in [0.1, 0.15) is 0 Å². The van der Waals surface area contributed by atoms with E-state index in [1.54, 1.807) is 0 Å². The maximum absolute atomic E-state index is 6.01. The monoisotopic (exact) mass is 256 g/mol. The lowest BCUT2D eigenvalue weighted by atomic mass is 9.97. The molecule has 1 rings (SSSR count). The van der Waals surface area contributed by atoms with Crippen molar-refractivity contribution < 1.29 is 4.74 Å². The third-order valence-electron chi connectivity index (χ3n) is 4.08. The standard InChI is InChI=1S/C15H32N2O/c1-6-16(4)12-15-14(9-7-8-13(2)3)17(5)10-11-18-15/h13-15H,6-12H2,1-5H3/t14-,15-/m1/s1. The van der Waals surface area contributed by atoms with Gasteiger partial charge in [-0.2, -0.15) is 0 Å². The molecular formula is C15H32N2O. The third kappa shape index (κ3) is 5.25. The molecule has 0 aromatic rings. The number of ether oxygens (including phenoxy) is 1. The molecule has 1 aliphatic heterocycles. The molecule has 108 valence electrons. The Bertz CT molecular complexity index is 221. The van der Waals surface area contributed by atoms with E-state index in [0.29, 0.717) is 12.1 Å². The van der Waals surface area contributed by atoms with Gasteiger partial charge in [-0.25, -0.2) is 0 Å². The molecule has 1 saturated heterocycles. The predicted octanol–water partition coefficient (Wildman–Crippen LogP) is 2.46. The second-order valence-electron chi connectivity index (χ2n) is 6.14. The summed E-state index contributed by atoms with van der Waals surface area (Å²) in [7, 11) is 4.44. The Kier molecular flexibility index (Phi) is 7.20. The van der Waals surface area contributed by atoms with Gasteiger partial charge in [0.05, 0.1) is 12.7 Å². The van der Waals surface area contributed by atoms with E-state index in [9.17, 15) is 0 Å². The molecule has 0 unspecified atom stereocenters. The fraction of sp³-hybridized carbons (Fsp3) is 1.00. The topological polar surface area (TPSA) is 15.7 Å². The van der Waals surface area contributed by atoms with Crippen LogP contribution in [0.4, 0.5) is 0 Å². The van der Waals surface area contributed by atoms with Crippen molar-refractivity contribution in [2.24, 2.45) is 5.92 Å². The molecule has 0 aromatic carbocycles. The van der Waals surface area contributed by atoms with Gasteiger partial charge in [0, 0.05) is 19.1 Å². The van der Waals surface area contributed by atoms with Crippen LogP contribution >= 0.6 is 0 Å². The van der Waals surface area contributed by atoms with Crippen molar-refractivity contribution in [2.75, 3.05) is 40.3 Å². The Balaban J connectivity index is 2.45. The molecule has 1 aliphatic rings. The van der Waals surface area contributed by atoms with Gasteiger partial charge in [0.25, 0.3) is 0 Å². The number of morpholine rings is 1. The lowest BCUT2D eigenvalue weighted by Crippen LogP contribution is -2.53. The fourth-order valence-corrected chi connectivity index (χ4v) is 2.66. The number of likely N-dealkylation sites (N-methyl/N-ethyl adjacent to an activating group) is 2. The van der Waals surface area contributed by atoms with Crippen molar-refractivity contribution >= 4 is 0 Å². The van der Waals surface area contributed by atoms with E-state index in [0.717, 1.165) is 32.2 Å². The van der Waals surface area contributed by atoms with Crippen molar-refractivity contribution in [1.82, 2.24) is 9.80 Å². The summed E-state index contributed by atoms with van der Waals surface area (Å²) in [6.45, 7) is 11.0. The minimum absolute atomic E-state index is 0.390. The summed E-state index contributed by atoms with van der Waals surface area (Å²) in [5, 5.41) is 0. The molecule has 0 aromatic heterocycles. The van der Waals surface area contributed by atoms with Crippen LogP contribution in [0.15, 0.2) is 0 Å². The second-order valence-corrected chi connectivity index (χ2v) is 6.14. The van der Waals surface area contributed by atoms with E-state index in [2.05, 4.69) is 44.7 Å². The molecular weight excluding hydrogens is 224 g/mol. The van der Waals surface area contributed by atoms with E-state index in [1.807, 2.05) is 0 Å². The Hall–Kier alpha value is -0.120. The molecule has 0 saturated carbocycles. The van der Waals surface area contributed by atoms with Gasteiger partial charge in [-0.1, -0.05) is 33.6 Å². The molecule has 1 heterocycles. The molecule has 3 nitrogen and oxygen atoms in total. The maximum Gasteiger partial charge on any atom is 0.0857 e. The molecule has 0 amide bonds. The smallest absolute Gasteiger partial charge is 0.0857 e. The molecule has 2 atom stereocenters. The molecule has 0 bridgehead atoms. The van der Waals surface area contributed by atoms with Gasteiger partial charge in [-0.15, -0.1) is 0 Å². The first-order chi connectivity index (χ1) is 8.54. The van der Waals surface area contributed by atoms with Crippen LogP contribution in [0.3, 0.4) is 0 Å². The summed E-state index contributed by atoms with van der Waals surface area (Å²) in [6, 6.07) is 0.603. The van der Waals surface area contributed by atoms with Crippen LogP contribution in [0.5, 0.6) is 0 Å². The summed E-state index contributed by atoms with van der Waals surface area (Å²) < 4.78 is 6.01. The average Bonchev–Trinajstić information content (AvgIpc) is 2.32. The van der Waals surface area contributed by atoms with Crippen LogP contribution in [0.2, 0.25) is 0 Å². The SMILES string of the molecule is CCN(C)C[C@H]1OCCN(C)[C@@H]1CCCC(C)C. The second kappa shape index (κ2) is 8.13. The Morgan fingerprint density at radius 2 is 2.11 bits per heavy atom. The van der Waals surface area contributed by atoms with E-state index >= 15 is 0 Å². The Labute approximate surface area is 113 Å². The summed E-state index contributed by atoms with van der Waals surface area (Å²) >= 11 is 0. The van der Waals surface area contributed by atoms with E-state index in [4.69, 9.17) is 4.74 Å². The predicted molar refractivity (Wildman–Crippen MR) is 78.0 cm³/mol. The van der Waals surface area contributed by atoms with Gasteiger partial charge >= 0.3 is 0 Å². The highest BCUT2D eigenvalue weighted by molar-refractivity contribution is 4.84. The summed E-state index contributed by atoms with van der Waals surface area (Å²) in [5.41, 5.74) is 0. The van der Waals surface area contributed by atoms with E-state index in [-0.39, 0.29) is 0 Å². The largest absolute Gasteiger partial charge is 0.374 e. The van der Waals surface area contributed by atoms with Crippen LogP contribution in [0.25, 0.3) is 0 Å². The van der Waals surface area contributed by atoms with Gasteiger partial charge in [0.15, 0.2) is 0 Å². The van der Waals surface area contributed by atoms with E-state index in [1.165, 1.54) is 19.3 Å². The number of rotatable bonds is 7. The zero-order valence-corrected chi connectivity index (χ0v) is 13.0. The molecule has 0 N–H and O–H groups in total. The minimum atomic E-state index is 0.390. The average molecular weight is 256 g/mol. The normalized spacial score (nSPS) is 26.2. The van der Waals surface area contributed by atoms with Crippen LogP contribution in [0, 0.1) is 5.92 Å². The summed E-state index contributed by atoms with van der Waals surface area (Å²) in [4.78, 5) is 4.86. The van der Waals surface area contributed by atoms with E-state index < -0.39 is 0 Å². The zero-order valence-electron chi connectivity index (χ0n) is 13.0. The number of hydrogen-bond donors (Lipinski definition) is 0. The first kappa shape index (κ1) is 15.9. The van der Waals surface area contributed by atoms with Crippen LogP contribution < -0.4 is 0 Å². The molecule has 0 aliphatic carbocycles. The van der Waals surface area contributed by atoms with Crippen molar-refractivity contribution in [3.63, 3.8) is 0 Å². The fourth-order valence-electron chi connectivity index (χ4n) is 2.66. The van der Waals surface area contributed by atoms with Crippen molar-refractivity contribution in [3.05, 3.63) is 0 Å². The number of nitrogens with zero attached hydrogens (tertiary/aromatic N) is 2. The highest BCUT2D eigenvalue weighted by Gasteiger charge is 2.30. The summed E-state index contributed by atoms with van der Waals surface area (Å²) in [5.74, 6) is 0.816. The van der Waals surface area contributed by atoms with Gasteiger partial charge in [0.2, 0.25) is 0 Å². The van der Waals surface area contributed by atoms with Crippen LogP contribution in [-0.4, -0.2) is 62.3 Å². The van der Waals surface area contributed by atoms with Crippen LogP contribution in [-0.2, 0) is 4.74 Å². The molecule has 1 fully saturated rings. The van der Waals surface area contributed by atoms with Crippen LogP contribution in [0.1, 0.15) is 40.0 Å². The van der Waals surface area contributed by atoms with Gasteiger partial charge in [-0.3, -0.25) is 4.90 Å². The highest BCUT2D eigenvalue weighted by atomic mass is 16.5. The molecule has 0 radical (unpaired) electrons.